The molecule has 0 saturated carbocycles. The molecule has 0 saturated heterocycles. The van der Waals surface area contributed by atoms with Gasteiger partial charge in [0.1, 0.15) is 0 Å². The van der Waals surface area contributed by atoms with Crippen LogP contribution in [0.15, 0.2) is 42.7 Å². The van der Waals surface area contributed by atoms with Crippen LogP contribution in [0.1, 0.15) is 123 Å². The molecule has 0 atom stereocenters. The lowest BCUT2D eigenvalue weighted by molar-refractivity contribution is 0.0650. The van der Waals surface area contributed by atoms with Crippen molar-refractivity contribution in [2.24, 2.45) is 0 Å². The van der Waals surface area contributed by atoms with Crippen molar-refractivity contribution in [2.45, 2.75) is 104 Å². The largest absolute Gasteiger partial charge is 0.478 e. The van der Waals surface area contributed by atoms with E-state index in [4.69, 9.17) is 5.11 Å². The number of rotatable bonds is 16. The molecule has 0 aliphatic carbocycles. The van der Waals surface area contributed by atoms with Crippen molar-refractivity contribution in [2.75, 3.05) is 0 Å². The molecular formula is C29H43NO4. The number of carboxylic acid groups (broad SMARTS) is 2. The molecule has 0 radical (unpaired) electrons. The van der Waals surface area contributed by atoms with Crippen LogP contribution in [0.5, 0.6) is 0 Å². The summed E-state index contributed by atoms with van der Waals surface area (Å²) in [5.74, 6) is -2.35. The van der Waals surface area contributed by atoms with Gasteiger partial charge in [-0.05, 0) is 48.9 Å². The second kappa shape index (κ2) is 18.7. The fraction of sp³-hybridized carbons (Fsp3) is 0.552. The minimum Gasteiger partial charge on any atom is -0.478 e. The Morgan fingerprint density at radius 1 is 0.706 bits per heavy atom. The Labute approximate surface area is 205 Å². The van der Waals surface area contributed by atoms with Gasteiger partial charge in [0.05, 0.1) is 11.1 Å². The molecule has 188 valence electrons. The third-order valence-corrected chi connectivity index (χ3v) is 5.94. The molecule has 0 aliphatic rings. The predicted molar refractivity (Wildman–Crippen MR) is 139 cm³/mol. The van der Waals surface area contributed by atoms with Crippen molar-refractivity contribution in [1.82, 2.24) is 4.98 Å². The van der Waals surface area contributed by atoms with E-state index in [2.05, 4.69) is 24.9 Å². The van der Waals surface area contributed by atoms with E-state index in [0.717, 1.165) is 19.3 Å². The summed E-state index contributed by atoms with van der Waals surface area (Å²) >= 11 is 0. The average Bonchev–Trinajstić information content (AvgIpc) is 2.84. The number of carbonyl (C=O) groups is 2. The molecule has 1 aromatic heterocycles. The van der Waals surface area contributed by atoms with E-state index < -0.39 is 11.9 Å². The number of pyridine rings is 1. The highest BCUT2D eigenvalue weighted by Gasteiger charge is 2.19. The number of aromatic carboxylic acids is 2. The van der Waals surface area contributed by atoms with Crippen molar-refractivity contribution in [3.63, 3.8) is 0 Å². The first kappa shape index (κ1) is 29.3. The van der Waals surface area contributed by atoms with E-state index in [0.29, 0.717) is 12.0 Å². The number of aryl methyl sites for hydroxylation is 2. The van der Waals surface area contributed by atoms with Gasteiger partial charge in [-0.3, -0.25) is 4.98 Å². The van der Waals surface area contributed by atoms with Crippen LogP contribution in [0.2, 0.25) is 0 Å². The molecular weight excluding hydrogens is 426 g/mol. The Hall–Kier alpha value is -2.69. The molecule has 0 bridgehead atoms. The van der Waals surface area contributed by atoms with Crippen LogP contribution in [0.3, 0.4) is 0 Å². The number of benzene rings is 1. The van der Waals surface area contributed by atoms with E-state index in [-0.39, 0.29) is 11.1 Å². The summed E-state index contributed by atoms with van der Waals surface area (Å²) in [6.07, 6.45) is 20.6. The summed E-state index contributed by atoms with van der Waals surface area (Å²) in [6, 6.07) is 8.85. The van der Waals surface area contributed by atoms with E-state index >= 15 is 0 Å². The van der Waals surface area contributed by atoms with Crippen LogP contribution in [0.4, 0.5) is 0 Å². The van der Waals surface area contributed by atoms with Gasteiger partial charge in [0.25, 0.3) is 0 Å². The second-order valence-electron chi connectivity index (χ2n) is 8.85. The fourth-order valence-electron chi connectivity index (χ4n) is 3.99. The third-order valence-electron chi connectivity index (χ3n) is 5.94. The SMILES string of the molecule is CCCCCCCCc1cccc(C(=O)O)c1C(=O)O.CCCCCCCCc1cccnc1. The lowest BCUT2D eigenvalue weighted by Gasteiger charge is -2.09. The molecule has 1 aromatic carbocycles. The summed E-state index contributed by atoms with van der Waals surface area (Å²) < 4.78 is 0. The van der Waals surface area contributed by atoms with Gasteiger partial charge in [-0.1, -0.05) is 96.3 Å². The van der Waals surface area contributed by atoms with Crippen LogP contribution < -0.4 is 0 Å². The molecule has 0 aliphatic heterocycles. The first-order valence-electron chi connectivity index (χ1n) is 13.0. The maximum atomic E-state index is 11.3. The van der Waals surface area contributed by atoms with Gasteiger partial charge >= 0.3 is 11.9 Å². The number of hydrogen-bond acceptors (Lipinski definition) is 3. The van der Waals surface area contributed by atoms with Crippen molar-refractivity contribution >= 4 is 11.9 Å². The fourth-order valence-corrected chi connectivity index (χ4v) is 3.99. The molecule has 0 amide bonds. The zero-order valence-corrected chi connectivity index (χ0v) is 21.1. The molecule has 0 fully saturated rings. The maximum absolute atomic E-state index is 11.3. The van der Waals surface area contributed by atoms with Crippen LogP contribution in [0.25, 0.3) is 0 Å². The van der Waals surface area contributed by atoms with E-state index in [9.17, 15) is 14.7 Å². The van der Waals surface area contributed by atoms with Crippen LogP contribution in [-0.4, -0.2) is 27.1 Å². The number of hydrogen-bond donors (Lipinski definition) is 2. The molecule has 2 rings (SSSR count). The monoisotopic (exact) mass is 469 g/mol. The molecule has 2 N–H and O–H groups in total. The number of aromatic nitrogens is 1. The van der Waals surface area contributed by atoms with Gasteiger partial charge in [-0.25, -0.2) is 9.59 Å². The Morgan fingerprint density at radius 3 is 1.82 bits per heavy atom. The summed E-state index contributed by atoms with van der Waals surface area (Å²) in [7, 11) is 0. The topological polar surface area (TPSA) is 87.5 Å². The highest BCUT2D eigenvalue weighted by molar-refractivity contribution is 6.02. The minimum atomic E-state index is -1.19. The number of unbranched alkanes of at least 4 members (excludes halogenated alkanes) is 10. The zero-order chi connectivity index (χ0) is 25.0. The van der Waals surface area contributed by atoms with E-state index in [1.54, 1.807) is 12.1 Å². The van der Waals surface area contributed by atoms with Crippen molar-refractivity contribution in [3.8, 4) is 0 Å². The normalized spacial score (nSPS) is 10.4. The third kappa shape index (κ3) is 12.5. The standard InChI is InChI=1S/C16H22O4.C13H21N/c1-2-3-4-5-6-7-9-12-10-8-11-13(15(17)18)14(12)16(19)20;1-2-3-4-5-6-7-9-13-10-8-11-14-12-13/h8,10-11H,2-7,9H2,1H3,(H,17,18)(H,19,20);8,10-12H,2-7,9H2,1H3. The average molecular weight is 470 g/mol. The molecule has 2 aromatic rings. The van der Waals surface area contributed by atoms with Gasteiger partial charge in [0, 0.05) is 12.4 Å². The highest BCUT2D eigenvalue weighted by atomic mass is 16.4. The van der Waals surface area contributed by atoms with Crippen molar-refractivity contribution in [3.05, 3.63) is 65.0 Å². The first-order chi connectivity index (χ1) is 16.5. The predicted octanol–water partition coefficient (Wildman–Crippen LogP) is 7.97. The summed E-state index contributed by atoms with van der Waals surface area (Å²) in [5.41, 5.74) is 1.81. The van der Waals surface area contributed by atoms with E-state index in [1.807, 2.05) is 18.5 Å². The van der Waals surface area contributed by atoms with Crippen LogP contribution >= 0.6 is 0 Å². The summed E-state index contributed by atoms with van der Waals surface area (Å²) in [5, 5.41) is 18.2. The van der Waals surface area contributed by atoms with Gasteiger partial charge in [0.2, 0.25) is 0 Å². The number of nitrogens with zero attached hydrogens (tertiary/aromatic N) is 1. The summed E-state index contributed by atoms with van der Waals surface area (Å²) in [4.78, 5) is 26.4. The van der Waals surface area contributed by atoms with Crippen molar-refractivity contribution in [1.29, 1.82) is 0 Å². The van der Waals surface area contributed by atoms with Gasteiger partial charge in [-0.2, -0.15) is 0 Å². The van der Waals surface area contributed by atoms with Crippen molar-refractivity contribution < 1.29 is 19.8 Å². The minimum absolute atomic E-state index is 0.0615. The second-order valence-corrected chi connectivity index (χ2v) is 8.85. The molecule has 34 heavy (non-hydrogen) atoms. The zero-order valence-electron chi connectivity index (χ0n) is 21.1. The van der Waals surface area contributed by atoms with Gasteiger partial charge < -0.3 is 10.2 Å². The Kier molecular flexibility index (Phi) is 16.1. The summed E-state index contributed by atoms with van der Waals surface area (Å²) in [6.45, 7) is 4.42. The van der Waals surface area contributed by atoms with Crippen LogP contribution in [0, 0.1) is 0 Å². The Balaban J connectivity index is 0.000000362. The van der Waals surface area contributed by atoms with Gasteiger partial charge in [-0.15, -0.1) is 0 Å². The van der Waals surface area contributed by atoms with Gasteiger partial charge in [0.15, 0.2) is 0 Å². The molecule has 5 heteroatoms. The van der Waals surface area contributed by atoms with Crippen LogP contribution in [-0.2, 0) is 12.8 Å². The quantitative estimate of drug-likeness (QED) is 0.243. The molecule has 0 unspecified atom stereocenters. The lowest BCUT2D eigenvalue weighted by atomic mass is 9.96. The highest BCUT2D eigenvalue weighted by Crippen LogP contribution is 2.18. The molecule has 1 heterocycles. The smallest absolute Gasteiger partial charge is 0.336 e. The lowest BCUT2D eigenvalue weighted by Crippen LogP contribution is -2.11. The molecule has 0 spiro atoms. The first-order valence-corrected chi connectivity index (χ1v) is 13.0. The molecule has 5 nitrogen and oxygen atoms in total. The maximum Gasteiger partial charge on any atom is 0.336 e. The number of carboxylic acids is 2. The Morgan fingerprint density at radius 2 is 1.29 bits per heavy atom. The Bertz CT molecular complexity index is 820. The van der Waals surface area contributed by atoms with E-state index in [1.165, 1.54) is 75.8 Å².